The summed E-state index contributed by atoms with van der Waals surface area (Å²) in [6.45, 7) is 3.33. The Labute approximate surface area is 185 Å². The molecular weight excluding hydrogens is 472 g/mol. The smallest absolute Gasteiger partial charge is 0.253 e. The Kier molecular flexibility index (Phi) is 7.05. The fourth-order valence-electron chi connectivity index (χ4n) is 3.47. The third kappa shape index (κ3) is 4.63. The van der Waals surface area contributed by atoms with Crippen LogP contribution in [0, 0.1) is 6.92 Å². The number of aryl methyl sites for hydroxylation is 1. The number of sulfonamides is 1. The van der Waals surface area contributed by atoms with Gasteiger partial charge in [-0.1, -0.05) is 17.7 Å². The highest BCUT2D eigenvalue weighted by atomic mass is 79.9. The lowest BCUT2D eigenvalue weighted by Crippen LogP contribution is -2.37. The molecule has 1 fully saturated rings. The van der Waals surface area contributed by atoms with E-state index in [1.807, 2.05) is 25.1 Å². The number of amides is 1. The molecule has 1 aliphatic rings. The Morgan fingerprint density at radius 1 is 1.00 bits per heavy atom. The molecule has 0 unspecified atom stereocenters. The van der Waals surface area contributed by atoms with Crippen molar-refractivity contribution in [2.45, 2.75) is 18.2 Å². The lowest BCUT2D eigenvalue weighted by Gasteiger charge is -2.23. The Hall–Kier alpha value is -2.10. The first kappa shape index (κ1) is 22.6. The lowest BCUT2D eigenvalue weighted by molar-refractivity contribution is 0.0764. The van der Waals surface area contributed by atoms with Crippen LogP contribution in [0.1, 0.15) is 22.3 Å². The van der Waals surface area contributed by atoms with Gasteiger partial charge in [-0.25, -0.2) is 8.42 Å². The van der Waals surface area contributed by atoms with E-state index in [9.17, 15) is 13.2 Å². The summed E-state index contributed by atoms with van der Waals surface area (Å²) in [5, 5.41) is 0. The van der Waals surface area contributed by atoms with Crippen LogP contribution < -0.4 is 9.47 Å². The van der Waals surface area contributed by atoms with Crippen LogP contribution in [0.4, 0.5) is 0 Å². The minimum absolute atomic E-state index is 0.0785. The van der Waals surface area contributed by atoms with Gasteiger partial charge in [-0.05, 0) is 47.5 Å². The number of carbonyl (C=O) groups excluding carboxylic acids is 1. The van der Waals surface area contributed by atoms with Crippen molar-refractivity contribution in [1.29, 1.82) is 0 Å². The van der Waals surface area contributed by atoms with E-state index < -0.39 is 10.0 Å². The zero-order chi connectivity index (χ0) is 21.9. The summed E-state index contributed by atoms with van der Waals surface area (Å²) in [7, 11) is -0.827. The molecule has 3 rings (SSSR count). The summed E-state index contributed by atoms with van der Waals surface area (Å²) in [5.41, 5.74) is 1.63. The van der Waals surface area contributed by atoms with Gasteiger partial charge in [-0.15, -0.1) is 0 Å². The average molecular weight is 497 g/mol. The molecule has 0 aliphatic carbocycles. The zero-order valence-electron chi connectivity index (χ0n) is 17.2. The van der Waals surface area contributed by atoms with Crippen molar-refractivity contribution in [2.24, 2.45) is 0 Å². The summed E-state index contributed by atoms with van der Waals surface area (Å²) in [4.78, 5) is 14.7. The van der Waals surface area contributed by atoms with Crippen LogP contribution in [0.15, 0.2) is 45.8 Å². The van der Waals surface area contributed by atoms with E-state index in [2.05, 4.69) is 15.9 Å². The van der Waals surface area contributed by atoms with Gasteiger partial charge in [0.2, 0.25) is 10.0 Å². The highest BCUT2D eigenvalue weighted by Crippen LogP contribution is 2.36. The second-order valence-electron chi connectivity index (χ2n) is 7.06. The van der Waals surface area contributed by atoms with Crippen molar-refractivity contribution >= 4 is 31.9 Å². The average Bonchev–Trinajstić information content (AvgIpc) is 2.99. The normalized spacial score (nSPS) is 15.5. The van der Waals surface area contributed by atoms with Crippen LogP contribution in [-0.4, -0.2) is 63.9 Å². The third-order valence-corrected chi connectivity index (χ3v) is 7.92. The van der Waals surface area contributed by atoms with Crippen molar-refractivity contribution in [1.82, 2.24) is 9.21 Å². The Morgan fingerprint density at radius 3 is 2.37 bits per heavy atom. The van der Waals surface area contributed by atoms with Gasteiger partial charge in [0.05, 0.1) is 14.2 Å². The fraction of sp³-hybridized carbons (Fsp3) is 0.381. The second kappa shape index (κ2) is 9.36. The van der Waals surface area contributed by atoms with Crippen LogP contribution in [0.25, 0.3) is 0 Å². The summed E-state index contributed by atoms with van der Waals surface area (Å²) in [6, 6.07) is 10.5. The van der Waals surface area contributed by atoms with Crippen LogP contribution >= 0.6 is 15.9 Å². The van der Waals surface area contributed by atoms with Crippen molar-refractivity contribution in [3.05, 3.63) is 52.0 Å². The molecule has 7 nitrogen and oxygen atoms in total. The van der Waals surface area contributed by atoms with Crippen LogP contribution in [-0.2, 0) is 10.0 Å². The monoisotopic (exact) mass is 496 g/mol. The van der Waals surface area contributed by atoms with Gasteiger partial charge in [-0.3, -0.25) is 4.79 Å². The maximum absolute atomic E-state index is 13.3. The predicted molar refractivity (Wildman–Crippen MR) is 118 cm³/mol. The topological polar surface area (TPSA) is 76.2 Å². The molecule has 1 amide bonds. The fourth-order valence-corrected chi connectivity index (χ4v) is 5.94. The van der Waals surface area contributed by atoms with E-state index >= 15 is 0 Å². The standard InChI is InChI=1S/C21H25BrN2O5S/c1-15-6-4-7-16(12-15)21(25)23-8-5-9-24(11-10-23)30(26,27)20-14-19(29-3)18(28-2)13-17(20)22/h4,6-7,12-14H,5,8-11H2,1-3H3. The summed E-state index contributed by atoms with van der Waals surface area (Å²) < 4.78 is 38.9. The van der Waals surface area contributed by atoms with Crippen molar-refractivity contribution in [3.8, 4) is 11.5 Å². The van der Waals surface area contributed by atoms with Crippen molar-refractivity contribution in [3.63, 3.8) is 0 Å². The number of hydrogen-bond donors (Lipinski definition) is 0. The minimum Gasteiger partial charge on any atom is -0.493 e. The Bertz CT molecular complexity index is 1040. The number of benzene rings is 2. The van der Waals surface area contributed by atoms with Gasteiger partial charge < -0.3 is 14.4 Å². The van der Waals surface area contributed by atoms with Crippen molar-refractivity contribution < 1.29 is 22.7 Å². The summed E-state index contributed by atoms with van der Waals surface area (Å²) >= 11 is 3.34. The van der Waals surface area contributed by atoms with E-state index in [4.69, 9.17) is 9.47 Å². The third-order valence-electron chi connectivity index (χ3n) is 5.06. The van der Waals surface area contributed by atoms with Crippen LogP contribution in [0.5, 0.6) is 11.5 Å². The molecule has 1 saturated heterocycles. The molecule has 162 valence electrons. The molecule has 1 aliphatic heterocycles. The lowest BCUT2D eigenvalue weighted by atomic mass is 10.1. The predicted octanol–water partition coefficient (Wildman–Crippen LogP) is 3.31. The molecule has 30 heavy (non-hydrogen) atoms. The number of nitrogens with zero attached hydrogens (tertiary/aromatic N) is 2. The first-order valence-electron chi connectivity index (χ1n) is 9.55. The molecule has 0 atom stereocenters. The highest BCUT2D eigenvalue weighted by molar-refractivity contribution is 9.10. The van der Waals surface area contributed by atoms with E-state index in [1.54, 1.807) is 17.0 Å². The molecule has 0 bridgehead atoms. The summed E-state index contributed by atoms with van der Waals surface area (Å²) in [6.07, 6.45) is 0.557. The number of rotatable bonds is 5. The molecule has 0 radical (unpaired) electrons. The van der Waals surface area contributed by atoms with Crippen LogP contribution in [0.2, 0.25) is 0 Å². The van der Waals surface area contributed by atoms with Crippen molar-refractivity contribution in [2.75, 3.05) is 40.4 Å². The molecule has 9 heteroatoms. The molecule has 2 aromatic carbocycles. The summed E-state index contributed by atoms with van der Waals surface area (Å²) in [5.74, 6) is 0.699. The number of hydrogen-bond acceptors (Lipinski definition) is 5. The number of halogens is 1. The number of ether oxygens (including phenoxy) is 2. The van der Waals surface area contributed by atoms with Crippen LogP contribution in [0.3, 0.4) is 0 Å². The highest BCUT2D eigenvalue weighted by Gasteiger charge is 2.31. The molecule has 0 saturated carbocycles. The second-order valence-corrected chi connectivity index (χ2v) is 9.82. The molecular formula is C21H25BrN2O5S. The largest absolute Gasteiger partial charge is 0.493 e. The number of carbonyl (C=O) groups is 1. The molecule has 1 heterocycles. The van der Waals surface area contributed by atoms with Gasteiger partial charge in [0.25, 0.3) is 5.91 Å². The Balaban J connectivity index is 1.81. The molecule has 0 N–H and O–H groups in total. The quantitative estimate of drug-likeness (QED) is 0.634. The van der Waals surface area contributed by atoms with E-state index in [1.165, 1.54) is 24.6 Å². The SMILES string of the molecule is COc1cc(Br)c(S(=O)(=O)N2CCCN(C(=O)c3cccc(C)c3)CC2)cc1OC. The molecule has 2 aromatic rings. The maximum Gasteiger partial charge on any atom is 0.253 e. The van der Waals surface area contributed by atoms with E-state index in [-0.39, 0.29) is 17.3 Å². The first-order chi connectivity index (χ1) is 14.3. The van der Waals surface area contributed by atoms with Gasteiger partial charge >= 0.3 is 0 Å². The minimum atomic E-state index is -3.78. The first-order valence-corrected chi connectivity index (χ1v) is 11.8. The Morgan fingerprint density at radius 2 is 1.70 bits per heavy atom. The molecule has 0 spiro atoms. The number of methoxy groups -OCH3 is 2. The van der Waals surface area contributed by atoms with Gasteiger partial charge in [0.1, 0.15) is 4.90 Å². The van der Waals surface area contributed by atoms with Gasteiger partial charge in [0.15, 0.2) is 11.5 Å². The zero-order valence-corrected chi connectivity index (χ0v) is 19.6. The van der Waals surface area contributed by atoms with Gasteiger partial charge in [0, 0.05) is 42.3 Å². The van der Waals surface area contributed by atoms with E-state index in [0.29, 0.717) is 47.6 Å². The van der Waals surface area contributed by atoms with Gasteiger partial charge in [-0.2, -0.15) is 4.31 Å². The van der Waals surface area contributed by atoms with E-state index in [0.717, 1.165) is 5.56 Å². The molecule has 0 aromatic heterocycles. The maximum atomic E-state index is 13.3.